The van der Waals surface area contributed by atoms with E-state index in [-0.39, 0.29) is 5.41 Å². The molecule has 2 nitrogen and oxygen atoms in total. The number of halogens is 2. The van der Waals surface area contributed by atoms with Crippen LogP contribution in [0.3, 0.4) is 0 Å². The summed E-state index contributed by atoms with van der Waals surface area (Å²) in [5.74, 6) is 0.859. The van der Waals surface area contributed by atoms with Crippen LogP contribution in [0.15, 0.2) is 27.1 Å². The van der Waals surface area contributed by atoms with Crippen LogP contribution in [0.1, 0.15) is 33.1 Å². The van der Waals surface area contributed by atoms with Gasteiger partial charge in [0.2, 0.25) is 0 Å². The lowest BCUT2D eigenvalue weighted by Crippen LogP contribution is -2.08. The maximum absolute atomic E-state index is 8.90. The number of rotatable bonds is 6. The molecule has 0 N–H and O–H groups in total. The van der Waals surface area contributed by atoms with Crippen molar-refractivity contribution in [3.63, 3.8) is 0 Å². The number of hydrogen-bond donors (Lipinski definition) is 0. The third kappa shape index (κ3) is 5.41. The quantitative estimate of drug-likeness (QED) is 0.632. The Kier molecular flexibility index (Phi) is 6.17. The van der Waals surface area contributed by atoms with E-state index < -0.39 is 0 Å². The van der Waals surface area contributed by atoms with E-state index in [1.54, 1.807) is 0 Å². The average molecular weight is 375 g/mol. The maximum Gasteiger partial charge on any atom is 0.133 e. The second-order valence-electron chi connectivity index (χ2n) is 4.88. The minimum atomic E-state index is -0.224. The van der Waals surface area contributed by atoms with Gasteiger partial charge in [-0.15, -0.1) is 0 Å². The van der Waals surface area contributed by atoms with Gasteiger partial charge in [-0.1, -0.05) is 15.9 Å². The lowest BCUT2D eigenvalue weighted by Gasteiger charge is -2.14. The monoisotopic (exact) mass is 373 g/mol. The number of benzene rings is 1. The molecule has 1 aromatic carbocycles. The van der Waals surface area contributed by atoms with Crippen molar-refractivity contribution >= 4 is 31.9 Å². The normalized spacial score (nSPS) is 11.1. The van der Waals surface area contributed by atoms with Crippen molar-refractivity contribution in [2.24, 2.45) is 5.41 Å². The number of nitriles is 1. The molecule has 0 radical (unpaired) electrons. The van der Waals surface area contributed by atoms with Gasteiger partial charge in [0.15, 0.2) is 0 Å². The molecule has 0 amide bonds. The molecule has 0 aromatic heterocycles. The van der Waals surface area contributed by atoms with E-state index in [2.05, 4.69) is 37.9 Å². The maximum atomic E-state index is 8.90. The van der Waals surface area contributed by atoms with Crippen LogP contribution in [-0.2, 0) is 0 Å². The molecule has 0 bridgehead atoms. The fraction of sp³-hybridized carbons (Fsp3) is 0.500. The summed E-state index contributed by atoms with van der Waals surface area (Å²) in [6.07, 6.45) is 2.89. The van der Waals surface area contributed by atoms with Crippen LogP contribution in [0.2, 0.25) is 0 Å². The summed E-state index contributed by atoms with van der Waals surface area (Å²) in [7, 11) is 0. The van der Waals surface area contributed by atoms with Gasteiger partial charge >= 0.3 is 0 Å². The van der Waals surface area contributed by atoms with Gasteiger partial charge in [-0.3, -0.25) is 0 Å². The van der Waals surface area contributed by atoms with E-state index in [4.69, 9.17) is 10.00 Å². The zero-order valence-electron chi connectivity index (χ0n) is 10.7. The topological polar surface area (TPSA) is 33.0 Å². The van der Waals surface area contributed by atoms with Gasteiger partial charge < -0.3 is 4.74 Å². The first kappa shape index (κ1) is 15.5. The third-order valence-corrected chi connectivity index (χ3v) is 3.76. The molecular formula is C14H17Br2NO. The van der Waals surface area contributed by atoms with Gasteiger partial charge in [0.1, 0.15) is 5.75 Å². The Morgan fingerprint density at radius 2 is 2.00 bits per heavy atom. The molecule has 98 valence electrons. The van der Waals surface area contributed by atoms with Gasteiger partial charge in [0.05, 0.1) is 22.6 Å². The van der Waals surface area contributed by atoms with Crippen molar-refractivity contribution in [2.45, 2.75) is 33.1 Å². The molecule has 0 heterocycles. The van der Waals surface area contributed by atoms with Crippen LogP contribution in [0.4, 0.5) is 0 Å². The predicted octanol–water partition coefficient (Wildman–Crippen LogP) is 5.31. The summed E-state index contributed by atoms with van der Waals surface area (Å²) >= 11 is 6.86. The van der Waals surface area contributed by atoms with Gasteiger partial charge in [0.25, 0.3) is 0 Å². The highest BCUT2D eigenvalue weighted by atomic mass is 79.9. The lowest BCUT2D eigenvalue weighted by atomic mass is 9.89. The molecule has 18 heavy (non-hydrogen) atoms. The predicted molar refractivity (Wildman–Crippen MR) is 80.6 cm³/mol. The minimum Gasteiger partial charge on any atom is -0.492 e. The van der Waals surface area contributed by atoms with Crippen molar-refractivity contribution in [2.75, 3.05) is 6.61 Å². The molecule has 0 aliphatic rings. The van der Waals surface area contributed by atoms with Crippen LogP contribution >= 0.6 is 31.9 Å². The molecule has 1 aromatic rings. The van der Waals surface area contributed by atoms with Gasteiger partial charge in [-0.05, 0) is 67.2 Å². The van der Waals surface area contributed by atoms with E-state index in [1.165, 1.54) is 0 Å². The Labute approximate surface area is 126 Å². The van der Waals surface area contributed by atoms with Crippen molar-refractivity contribution in [3.05, 3.63) is 27.1 Å². The van der Waals surface area contributed by atoms with Crippen molar-refractivity contribution < 1.29 is 4.74 Å². The SMILES string of the molecule is CC(C)(C#N)CCCCOc1ccc(Br)cc1Br. The fourth-order valence-corrected chi connectivity index (χ4v) is 2.66. The summed E-state index contributed by atoms with van der Waals surface area (Å²) in [6.45, 7) is 4.63. The number of ether oxygens (including phenoxy) is 1. The summed E-state index contributed by atoms with van der Waals surface area (Å²) < 4.78 is 7.67. The zero-order valence-corrected chi connectivity index (χ0v) is 13.8. The van der Waals surface area contributed by atoms with Crippen molar-refractivity contribution in [3.8, 4) is 11.8 Å². The minimum absolute atomic E-state index is 0.224. The van der Waals surface area contributed by atoms with Gasteiger partial charge in [0, 0.05) is 4.47 Å². The Morgan fingerprint density at radius 1 is 1.28 bits per heavy atom. The van der Waals surface area contributed by atoms with Crippen molar-refractivity contribution in [1.29, 1.82) is 5.26 Å². The van der Waals surface area contributed by atoms with E-state index in [0.29, 0.717) is 6.61 Å². The second kappa shape index (κ2) is 7.16. The smallest absolute Gasteiger partial charge is 0.133 e. The highest BCUT2D eigenvalue weighted by molar-refractivity contribution is 9.11. The molecule has 0 unspecified atom stereocenters. The molecule has 1 rings (SSSR count). The highest BCUT2D eigenvalue weighted by Gasteiger charge is 2.15. The first-order valence-electron chi connectivity index (χ1n) is 5.94. The average Bonchev–Trinajstić information content (AvgIpc) is 2.31. The summed E-state index contributed by atoms with van der Waals surface area (Å²) in [4.78, 5) is 0. The molecule has 0 saturated heterocycles. The Hall–Kier alpha value is -0.530. The summed E-state index contributed by atoms with van der Waals surface area (Å²) in [5.41, 5.74) is -0.224. The summed E-state index contributed by atoms with van der Waals surface area (Å²) in [5, 5.41) is 8.90. The molecule has 0 saturated carbocycles. The molecule has 0 atom stereocenters. The van der Waals surface area contributed by atoms with Gasteiger partial charge in [-0.2, -0.15) is 5.26 Å². The third-order valence-electron chi connectivity index (χ3n) is 2.65. The van der Waals surface area contributed by atoms with Crippen molar-refractivity contribution in [1.82, 2.24) is 0 Å². The first-order valence-corrected chi connectivity index (χ1v) is 7.52. The molecule has 0 spiro atoms. The largest absolute Gasteiger partial charge is 0.492 e. The Bertz CT molecular complexity index is 438. The Morgan fingerprint density at radius 3 is 2.61 bits per heavy atom. The van der Waals surface area contributed by atoms with Gasteiger partial charge in [-0.25, -0.2) is 0 Å². The molecule has 0 aliphatic carbocycles. The van der Waals surface area contributed by atoms with E-state index in [1.807, 2.05) is 32.0 Å². The van der Waals surface area contributed by atoms with Crippen LogP contribution in [0.5, 0.6) is 5.75 Å². The molecule has 4 heteroatoms. The summed E-state index contributed by atoms with van der Waals surface area (Å²) in [6, 6.07) is 8.17. The zero-order chi connectivity index (χ0) is 13.6. The van der Waals surface area contributed by atoms with E-state index in [0.717, 1.165) is 34.0 Å². The van der Waals surface area contributed by atoms with E-state index >= 15 is 0 Å². The first-order chi connectivity index (χ1) is 8.44. The van der Waals surface area contributed by atoms with Crippen LogP contribution < -0.4 is 4.74 Å². The highest BCUT2D eigenvalue weighted by Crippen LogP contribution is 2.28. The van der Waals surface area contributed by atoms with Crippen LogP contribution in [0, 0.1) is 16.7 Å². The lowest BCUT2D eigenvalue weighted by molar-refractivity contribution is 0.293. The number of hydrogen-bond acceptors (Lipinski definition) is 2. The standard InChI is InChI=1S/C14H17Br2NO/c1-14(2,10-17)7-3-4-8-18-13-6-5-11(15)9-12(13)16/h5-6,9H,3-4,7-8H2,1-2H3. The van der Waals surface area contributed by atoms with Crippen LogP contribution in [0.25, 0.3) is 0 Å². The van der Waals surface area contributed by atoms with E-state index in [9.17, 15) is 0 Å². The number of unbranched alkanes of at least 4 members (excludes halogenated alkanes) is 1. The second-order valence-corrected chi connectivity index (χ2v) is 6.65. The molecular weight excluding hydrogens is 358 g/mol. The fourth-order valence-electron chi connectivity index (χ4n) is 1.50. The molecule has 0 fully saturated rings. The molecule has 0 aliphatic heterocycles. The van der Waals surface area contributed by atoms with Crippen LogP contribution in [-0.4, -0.2) is 6.61 Å². The Balaban J connectivity index is 2.29. The number of nitrogens with zero attached hydrogens (tertiary/aromatic N) is 1.